The van der Waals surface area contributed by atoms with E-state index in [2.05, 4.69) is 0 Å². The molecule has 0 saturated carbocycles. The summed E-state index contributed by atoms with van der Waals surface area (Å²) in [6, 6.07) is 0. The van der Waals surface area contributed by atoms with Crippen molar-refractivity contribution in [2.75, 3.05) is 20.0 Å². The summed E-state index contributed by atoms with van der Waals surface area (Å²) in [5, 5.41) is 0.388. The van der Waals surface area contributed by atoms with Gasteiger partial charge in [-0.25, -0.2) is 0 Å². The van der Waals surface area contributed by atoms with Crippen LogP contribution in [0.2, 0.25) is 0 Å². The molecule has 0 aromatic heterocycles. The molecule has 0 spiro atoms. The summed E-state index contributed by atoms with van der Waals surface area (Å²) >= 11 is 1.75. The largest absolute Gasteiger partial charge is 0.336 e. The highest BCUT2D eigenvalue weighted by Crippen LogP contribution is 2.46. The molecule has 0 bridgehead atoms. The highest BCUT2D eigenvalue weighted by atomic mass is 32.2. The van der Waals surface area contributed by atoms with Crippen molar-refractivity contribution in [1.29, 1.82) is 0 Å². The molecule has 2 aliphatic rings. The molecule has 2 rings (SSSR count). The molecule has 0 radical (unpaired) electrons. The fraction of sp³-hybridized carbons (Fsp3) is 0.667. The fourth-order valence-corrected chi connectivity index (χ4v) is 3.02. The van der Waals surface area contributed by atoms with Crippen LogP contribution in [0.1, 0.15) is 6.42 Å². The molecule has 78 valence electrons. The summed E-state index contributed by atoms with van der Waals surface area (Å²) in [6.45, 7) is 0. The Bertz CT molecular complexity index is 275. The summed E-state index contributed by atoms with van der Waals surface area (Å²) in [7, 11) is 3.24. The van der Waals surface area contributed by atoms with Crippen molar-refractivity contribution in [2.24, 2.45) is 0 Å². The molecule has 2 heterocycles. The summed E-state index contributed by atoms with van der Waals surface area (Å²) in [6.07, 6.45) is 3.57. The number of hydrogen-bond donors (Lipinski definition) is 0. The van der Waals surface area contributed by atoms with Crippen LogP contribution in [-0.2, 0) is 14.3 Å². The highest BCUT2D eigenvalue weighted by molar-refractivity contribution is 8.00. The maximum absolute atomic E-state index is 10.6. The second-order valence-electron chi connectivity index (χ2n) is 3.32. The number of fused-ring (bicyclic) bond motifs is 1. The number of rotatable bonds is 3. The first kappa shape index (κ1) is 10.0. The second kappa shape index (κ2) is 3.56. The van der Waals surface area contributed by atoms with E-state index in [0.717, 1.165) is 24.0 Å². The smallest absolute Gasteiger partial charge is 0.254 e. The Hall–Kier alpha value is -0.520. The van der Waals surface area contributed by atoms with Crippen molar-refractivity contribution in [3.05, 3.63) is 11.8 Å². The second-order valence-corrected chi connectivity index (χ2v) is 4.49. The highest BCUT2D eigenvalue weighted by Gasteiger charge is 2.53. The molecule has 4 nitrogen and oxygen atoms in total. The molecular weight excluding hydrogens is 202 g/mol. The number of hydrogen-bond acceptors (Lipinski definition) is 5. The summed E-state index contributed by atoms with van der Waals surface area (Å²) in [5.74, 6) is 0.139. The molecule has 1 atom stereocenters. The van der Waals surface area contributed by atoms with Gasteiger partial charge >= 0.3 is 0 Å². The molecule has 5 heteroatoms. The van der Waals surface area contributed by atoms with Gasteiger partial charge in [0.05, 0.1) is 11.8 Å². The lowest BCUT2D eigenvalue weighted by atomic mass is 10.1. The maximum atomic E-state index is 10.6. The predicted molar refractivity (Wildman–Crippen MR) is 53.6 cm³/mol. The van der Waals surface area contributed by atoms with E-state index in [1.165, 1.54) is 0 Å². The number of thioether (sulfide) groups is 1. The van der Waals surface area contributed by atoms with Crippen LogP contribution in [0.3, 0.4) is 0 Å². The normalized spacial score (nSPS) is 28.9. The Morgan fingerprint density at radius 2 is 2.36 bits per heavy atom. The number of ether oxygens (including phenoxy) is 2. The average Bonchev–Trinajstić information content (AvgIpc) is 2.21. The van der Waals surface area contributed by atoms with E-state index in [1.54, 1.807) is 26.0 Å². The van der Waals surface area contributed by atoms with Crippen LogP contribution in [0.25, 0.3) is 0 Å². The molecular formula is C9H13NO3S. The van der Waals surface area contributed by atoms with Gasteiger partial charge in [0.25, 0.3) is 5.91 Å². The molecule has 0 unspecified atom stereocenters. The molecule has 0 aromatic rings. The van der Waals surface area contributed by atoms with Crippen molar-refractivity contribution in [2.45, 2.75) is 17.7 Å². The van der Waals surface area contributed by atoms with Crippen LogP contribution in [0.4, 0.5) is 0 Å². The van der Waals surface area contributed by atoms with Crippen molar-refractivity contribution >= 4 is 18.0 Å². The topological polar surface area (TPSA) is 38.8 Å². The molecule has 0 aliphatic carbocycles. The van der Waals surface area contributed by atoms with Gasteiger partial charge in [0, 0.05) is 31.7 Å². The third-order valence-corrected chi connectivity index (χ3v) is 3.95. The van der Waals surface area contributed by atoms with Gasteiger partial charge in [0.15, 0.2) is 0 Å². The Balaban J connectivity index is 2.18. The predicted octanol–water partition coefficient (Wildman–Crippen LogP) is 0.794. The van der Waals surface area contributed by atoms with E-state index >= 15 is 0 Å². The van der Waals surface area contributed by atoms with E-state index in [9.17, 15) is 4.79 Å². The molecule has 2 aliphatic heterocycles. The average molecular weight is 215 g/mol. The molecule has 1 fully saturated rings. The molecule has 0 N–H and O–H groups in total. The van der Waals surface area contributed by atoms with Gasteiger partial charge in [-0.2, -0.15) is 0 Å². The van der Waals surface area contributed by atoms with Crippen molar-refractivity contribution in [3.63, 3.8) is 0 Å². The molecule has 0 amide bonds. The fourth-order valence-electron chi connectivity index (χ4n) is 1.79. The lowest BCUT2D eigenvalue weighted by Gasteiger charge is -2.56. The minimum Gasteiger partial charge on any atom is -0.336 e. The van der Waals surface area contributed by atoms with Crippen LogP contribution in [0.15, 0.2) is 11.8 Å². The Labute approximate surface area is 87.2 Å². The van der Waals surface area contributed by atoms with E-state index in [-0.39, 0.29) is 0 Å². The number of carbonyl (C=O) groups is 1. The zero-order valence-corrected chi connectivity index (χ0v) is 9.04. The minimum absolute atomic E-state index is 0.388. The third-order valence-electron chi connectivity index (χ3n) is 2.67. The number of nitrogens with zero attached hydrogens (tertiary/aromatic N) is 1. The number of carbonyl (C=O) groups excluding carboxylic acids is 1. The lowest BCUT2D eigenvalue weighted by molar-refractivity contribution is -0.337. The molecule has 0 aromatic carbocycles. The Kier molecular flexibility index (Phi) is 2.55. The van der Waals surface area contributed by atoms with Crippen molar-refractivity contribution < 1.29 is 14.3 Å². The van der Waals surface area contributed by atoms with E-state index in [1.807, 2.05) is 11.1 Å². The van der Waals surface area contributed by atoms with E-state index in [4.69, 9.17) is 9.47 Å². The summed E-state index contributed by atoms with van der Waals surface area (Å²) in [4.78, 5) is 12.6. The first-order valence-electron chi connectivity index (χ1n) is 4.42. The van der Waals surface area contributed by atoms with Crippen molar-refractivity contribution in [1.82, 2.24) is 4.90 Å². The van der Waals surface area contributed by atoms with Crippen molar-refractivity contribution in [3.8, 4) is 0 Å². The molecule has 1 saturated heterocycles. The lowest BCUT2D eigenvalue weighted by Crippen LogP contribution is -2.65. The van der Waals surface area contributed by atoms with Crippen LogP contribution < -0.4 is 0 Å². The van der Waals surface area contributed by atoms with Gasteiger partial charge in [-0.05, 0) is 0 Å². The number of aldehydes is 1. The van der Waals surface area contributed by atoms with Crippen LogP contribution in [0, 0.1) is 0 Å². The van der Waals surface area contributed by atoms with E-state index in [0.29, 0.717) is 5.37 Å². The van der Waals surface area contributed by atoms with Crippen LogP contribution in [0.5, 0.6) is 0 Å². The van der Waals surface area contributed by atoms with Crippen LogP contribution >= 0.6 is 11.8 Å². The van der Waals surface area contributed by atoms with Gasteiger partial charge < -0.3 is 14.4 Å². The quantitative estimate of drug-likeness (QED) is 0.514. The third kappa shape index (κ3) is 1.27. The Morgan fingerprint density at radius 3 is 2.93 bits per heavy atom. The van der Waals surface area contributed by atoms with Gasteiger partial charge in [-0.1, -0.05) is 0 Å². The maximum Gasteiger partial charge on any atom is 0.254 e. The van der Waals surface area contributed by atoms with Gasteiger partial charge in [0.2, 0.25) is 0 Å². The van der Waals surface area contributed by atoms with Gasteiger partial charge in [-0.3, -0.25) is 4.79 Å². The first-order chi connectivity index (χ1) is 6.75. The monoisotopic (exact) mass is 215 g/mol. The number of methoxy groups -OCH3 is 2. The molecule has 14 heavy (non-hydrogen) atoms. The van der Waals surface area contributed by atoms with Crippen LogP contribution in [-0.4, -0.2) is 42.4 Å². The standard InChI is InChI=1S/C9H13NO3S/c1-12-9(13-2)3-8-10(9)4-7(5-11)6-14-8/h4-5,8H,3,6H2,1-2H3/t8-/m0/s1. The van der Waals surface area contributed by atoms with E-state index < -0.39 is 5.91 Å². The zero-order chi connectivity index (χ0) is 10.2. The Morgan fingerprint density at radius 1 is 1.64 bits per heavy atom. The SMILES string of the molecule is COC1(OC)C[C@@H]2SCC(C=O)=CN21. The minimum atomic E-state index is -0.646. The zero-order valence-electron chi connectivity index (χ0n) is 8.23. The summed E-state index contributed by atoms with van der Waals surface area (Å²) < 4.78 is 10.6. The van der Waals surface area contributed by atoms with Gasteiger partial charge in [0.1, 0.15) is 6.29 Å². The van der Waals surface area contributed by atoms with Gasteiger partial charge in [-0.15, -0.1) is 11.8 Å². The summed E-state index contributed by atoms with van der Waals surface area (Å²) in [5.41, 5.74) is 0.782. The first-order valence-corrected chi connectivity index (χ1v) is 5.47.